The second kappa shape index (κ2) is 6.96. The van der Waals surface area contributed by atoms with Crippen molar-refractivity contribution in [3.05, 3.63) is 42.0 Å². The molecule has 1 saturated heterocycles. The van der Waals surface area contributed by atoms with Crippen LogP contribution in [0.1, 0.15) is 25.3 Å². The van der Waals surface area contributed by atoms with Gasteiger partial charge in [-0.05, 0) is 37.4 Å². The van der Waals surface area contributed by atoms with Gasteiger partial charge in [0.1, 0.15) is 0 Å². The standard InChI is InChI=1S/C18H23N3O2/c1-2-14(20-18(23)15-9-11-19-15)7-8-17(22)21-12-10-13-5-3-4-6-16(13)21/h3-8,14-15,19H,2,9-12H2,1H3,(H,20,23)/b8-7+/t14-,15?/m0/s1. The average Bonchev–Trinajstić information content (AvgIpc) is 2.93. The molecule has 0 aliphatic carbocycles. The summed E-state index contributed by atoms with van der Waals surface area (Å²) in [5, 5.41) is 6.06. The number of fused-ring (bicyclic) bond motifs is 1. The van der Waals surface area contributed by atoms with E-state index in [4.69, 9.17) is 0 Å². The van der Waals surface area contributed by atoms with Crippen LogP contribution in [0.4, 0.5) is 5.69 Å². The highest BCUT2D eigenvalue weighted by Gasteiger charge is 2.26. The van der Waals surface area contributed by atoms with Crippen LogP contribution in [0.5, 0.6) is 0 Å². The maximum atomic E-state index is 12.4. The second-order valence-electron chi connectivity index (χ2n) is 6.05. The van der Waals surface area contributed by atoms with Crippen molar-refractivity contribution in [2.24, 2.45) is 0 Å². The van der Waals surface area contributed by atoms with Gasteiger partial charge in [0.25, 0.3) is 5.91 Å². The molecule has 1 fully saturated rings. The predicted molar refractivity (Wildman–Crippen MR) is 90.3 cm³/mol. The Kier molecular flexibility index (Phi) is 4.76. The Morgan fingerprint density at radius 3 is 2.91 bits per heavy atom. The van der Waals surface area contributed by atoms with E-state index in [0.29, 0.717) is 0 Å². The number of hydrogen-bond donors (Lipinski definition) is 2. The molecule has 2 aliphatic rings. The van der Waals surface area contributed by atoms with Gasteiger partial charge in [-0.1, -0.05) is 31.2 Å². The first-order valence-electron chi connectivity index (χ1n) is 8.30. The average molecular weight is 313 g/mol. The molecule has 1 aromatic rings. The van der Waals surface area contributed by atoms with Crippen LogP contribution < -0.4 is 15.5 Å². The van der Waals surface area contributed by atoms with E-state index < -0.39 is 0 Å². The molecule has 0 saturated carbocycles. The number of nitrogens with zero attached hydrogens (tertiary/aromatic N) is 1. The molecule has 2 aliphatic heterocycles. The quantitative estimate of drug-likeness (QED) is 0.808. The van der Waals surface area contributed by atoms with Crippen molar-refractivity contribution in [2.75, 3.05) is 18.0 Å². The highest BCUT2D eigenvalue weighted by Crippen LogP contribution is 2.27. The number of nitrogens with one attached hydrogen (secondary N) is 2. The summed E-state index contributed by atoms with van der Waals surface area (Å²) >= 11 is 0. The molecule has 1 aromatic carbocycles. The van der Waals surface area contributed by atoms with Crippen molar-refractivity contribution in [1.82, 2.24) is 10.6 Å². The van der Waals surface area contributed by atoms with E-state index in [2.05, 4.69) is 16.7 Å². The minimum absolute atomic E-state index is 0.0201. The summed E-state index contributed by atoms with van der Waals surface area (Å²) in [6, 6.07) is 7.82. The molecule has 0 aromatic heterocycles. The second-order valence-corrected chi connectivity index (χ2v) is 6.05. The zero-order chi connectivity index (χ0) is 16.2. The lowest BCUT2D eigenvalue weighted by atomic mass is 10.1. The molecule has 2 amide bonds. The van der Waals surface area contributed by atoms with Gasteiger partial charge in [0, 0.05) is 24.4 Å². The first kappa shape index (κ1) is 15.7. The molecule has 2 atom stereocenters. The summed E-state index contributed by atoms with van der Waals surface area (Å²) in [5.74, 6) is -0.00358. The maximum absolute atomic E-state index is 12.4. The van der Waals surface area contributed by atoms with Gasteiger partial charge in [-0.2, -0.15) is 0 Å². The molecular formula is C18H23N3O2. The van der Waals surface area contributed by atoms with E-state index in [1.54, 1.807) is 17.1 Å². The minimum Gasteiger partial charge on any atom is -0.349 e. The van der Waals surface area contributed by atoms with E-state index in [1.807, 2.05) is 25.1 Å². The Bertz CT molecular complexity index is 622. The first-order chi connectivity index (χ1) is 11.2. The summed E-state index contributed by atoms with van der Waals surface area (Å²) in [6.07, 6.45) is 5.94. The van der Waals surface area contributed by atoms with E-state index in [9.17, 15) is 9.59 Å². The lowest BCUT2D eigenvalue weighted by molar-refractivity contribution is -0.125. The Balaban J connectivity index is 1.60. The molecule has 0 spiro atoms. The zero-order valence-electron chi connectivity index (χ0n) is 13.4. The van der Waals surface area contributed by atoms with Gasteiger partial charge in [0.05, 0.1) is 6.04 Å². The molecule has 23 heavy (non-hydrogen) atoms. The molecule has 3 rings (SSSR count). The Hall–Kier alpha value is -2.14. The third kappa shape index (κ3) is 3.45. The van der Waals surface area contributed by atoms with E-state index in [1.165, 1.54) is 5.56 Å². The van der Waals surface area contributed by atoms with Crippen LogP contribution in [0.25, 0.3) is 0 Å². The fraction of sp³-hybridized carbons (Fsp3) is 0.444. The van der Waals surface area contributed by atoms with Gasteiger partial charge < -0.3 is 15.5 Å². The maximum Gasteiger partial charge on any atom is 0.250 e. The Morgan fingerprint density at radius 1 is 1.43 bits per heavy atom. The monoisotopic (exact) mass is 313 g/mol. The summed E-state index contributed by atoms with van der Waals surface area (Å²) in [5.41, 5.74) is 2.21. The molecule has 0 bridgehead atoms. The van der Waals surface area contributed by atoms with Crippen LogP contribution >= 0.6 is 0 Å². The fourth-order valence-electron chi connectivity index (χ4n) is 2.94. The number of amides is 2. The normalized spacial score (nSPS) is 20.9. The smallest absolute Gasteiger partial charge is 0.250 e. The van der Waals surface area contributed by atoms with E-state index in [-0.39, 0.29) is 23.9 Å². The van der Waals surface area contributed by atoms with Crippen LogP contribution in [0.3, 0.4) is 0 Å². The molecule has 5 nitrogen and oxygen atoms in total. The van der Waals surface area contributed by atoms with E-state index in [0.717, 1.165) is 38.0 Å². The number of benzene rings is 1. The Morgan fingerprint density at radius 2 is 2.22 bits per heavy atom. The van der Waals surface area contributed by atoms with Gasteiger partial charge in [0.2, 0.25) is 5.91 Å². The predicted octanol–water partition coefficient (Wildman–Crippen LogP) is 1.39. The number of carbonyl (C=O) groups is 2. The van der Waals surface area contributed by atoms with Crippen molar-refractivity contribution in [3.8, 4) is 0 Å². The molecular weight excluding hydrogens is 290 g/mol. The molecule has 5 heteroatoms. The van der Waals surface area contributed by atoms with Gasteiger partial charge in [-0.3, -0.25) is 9.59 Å². The van der Waals surface area contributed by atoms with Crippen LogP contribution in [0.2, 0.25) is 0 Å². The summed E-state index contributed by atoms with van der Waals surface area (Å²) in [7, 11) is 0. The largest absolute Gasteiger partial charge is 0.349 e. The highest BCUT2D eigenvalue weighted by molar-refractivity contribution is 6.03. The van der Waals surface area contributed by atoms with Crippen molar-refractivity contribution in [2.45, 2.75) is 38.3 Å². The van der Waals surface area contributed by atoms with Gasteiger partial charge in [-0.25, -0.2) is 0 Å². The third-order valence-corrected chi connectivity index (χ3v) is 4.53. The summed E-state index contributed by atoms with van der Waals surface area (Å²) in [4.78, 5) is 26.2. The number of rotatable bonds is 5. The topological polar surface area (TPSA) is 61.4 Å². The number of hydrogen-bond acceptors (Lipinski definition) is 3. The fourth-order valence-corrected chi connectivity index (χ4v) is 2.94. The number of anilines is 1. The van der Waals surface area contributed by atoms with Crippen LogP contribution in [0, 0.1) is 0 Å². The summed E-state index contributed by atoms with van der Waals surface area (Å²) < 4.78 is 0. The van der Waals surface area contributed by atoms with Gasteiger partial charge in [-0.15, -0.1) is 0 Å². The molecule has 122 valence electrons. The van der Waals surface area contributed by atoms with Gasteiger partial charge >= 0.3 is 0 Å². The summed E-state index contributed by atoms with van der Waals surface area (Å²) in [6.45, 7) is 3.62. The van der Waals surface area contributed by atoms with E-state index >= 15 is 0 Å². The highest BCUT2D eigenvalue weighted by atomic mass is 16.2. The molecule has 2 heterocycles. The van der Waals surface area contributed by atoms with Crippen molar-refractivity contribution < 1.29 is 9.59 Å². The van der Waals surface area contributed by atoms with Crippen molar-refractivity contribution in [3.63, 3.8) is 0 Å². The van der Waals surface area contributed by atoms with Crippen LogP contribution in [-0.2, 0) is 16.0 Å². The van der Waals surface area contributed by atoms with Crippen LogP contribution in [0.15, 0.2) is 36.4 Å². The van der Waals surface area contributed by atoms with Crippen molar-refractivity contribution in [1.29, 1.82) is 0 Å². The Labute approximate surface area is 136 Å². The third-order valence-electron chi connectivity index (χ3n) is 4.53. The van der Waals surface area contributed by atoms with Crippen molar-refractivity contribution >= 4 is 17.5 Å². The molecule has 2 N–H and O–H groups in total. The minimum atomic E-state index is -0.105. The molecule has 0 radical (unpaired) electrons. The lowest BCUT2D eigenvalue weighted by Crippen LogP contribution is -2.54. The zero-order valence-corrected chi connectivity index (χ0v) is 13.4. The molecule has 1 unspecified atom stereocenters. The van der Waals surface area contributed by atoms with Gasteiger partial charge in [0.15, 0.2) is 0 Å². The SMILES string of the molecule is CC[C@@H](/C=C/C(=O)N1CCc2ccccc21)NC(=O)C1CCN1. The van der Waals surface area contributed by atoms with Crippen LogP contribution in [-0.4, -0.2) is 37.0 Å². The number of para-hydroxylation sites is 1. The lowest BCUT2D eigenvalue weighted by Gasteiger charge is -2.27. The number of carbonyl (C=O) groups excluding carboxylic acids is 2. The first-order valence-corrected chi connectivity index (χ1v) is 8.30.